The zero-order valence-corrected chi connectivity index (χ0v) is 12.7. The van der Waals surface area contributed by atoms with Gasteiger partial charge in [0.05, 0.1) is 18.0 Å². The molecule has 3 N–H and O–H groups in total. The molecule has 1 aromatic carbocycles. The Morgan fingerprint density at radius 2 is 2.05 bits per heavy atom. The monoisotopic (exact) mass is 309 g/mol. The molecule has 7 heteroatoms. The van der Waals surface area contributed by atoms with Crippen LogP contribution in [-0.2, 0) is 4.74 Å². The second-order valence-corrected chi connectivity index (χ2v) is 6.06. The van der Waals surface area contributed by atoms with Crippen LogP contribution in [0.3, 0.4) is 0 Å². The van der Waals surface area contributed by atoms with Crippen LogP contribution in [0, 0.1) is 16.0 Å². The minimum atomic E-state index is -0.735. The maximum Gasteiger partial charge on any atom is 0.342 e. The second-order valence-electron chi connectivity index (χ2n) is 6.06. The molecule has 0 unspecified atom stereocenters. The summed E-state index contributed by atoms with van der Waals surface area (Å²) in [5, 5.41) is 22.9. The molecule has 1 fully saturated rings. The number of hydrogen-bond acceptors (Lipinski definition) is 5. The Morgan fingerprint density at radius 3 is 2.64 bits per heavy atom. The third-order valence-electron chi connectivity index (χ3n) is 4.21. The summed E-state index contributed by atoms with van der Waals surface area (Å²) in [6.45, 7) is 5.67. The van der Waals surface area contributed by atoms with E-state index >= 15 is 0 Å². The van der Waals surface area contributed by atoms with Crippen LogP contribution in [0.5, 0.6) is 5.75 Å². The topological polar surface area (TPSA) is 106 Å². The van der Waals surface area contributed by atoms with Crippen molar-refractivity contribution in [2.24, 2.45) is 5.92 Å². The van der Waals surface area contributed by atoms with Gasteiger partial charge < -0.3 is 15.2 Å². The molecule has 2 rings (SSSR count). The van der Waals surface area contributed by atoms with Gasteiger partial charge in [0, 0.05) is 24.8 Å². The third-order valence-corrected chi connectivity index (χ3v) is 4.21. The number of nitrogens with two attached hydrogens (primary N) is 1. The summed E-state index contributed by atoms with van der Waals surface area (Å²) in [6, 6.07) is 3.83. The van der Waals surface area contributed by atoms with Crippen LogP contribution in [-0.4, -0.2) is 34.7 Å². The summed E-state index contributed by atoms with van der Waals surface area (Å²) >= 11 is 0. The lowest BCUT2D eigenvalue weighted by molar-refractivity contribution is -0.665. The average Bonchev–Trinajstić information content (AvgIpc) is 2.47. The zero-order chi connectivity index (χ0) is 16.3. The molecule has 120 valence electrons. The molecule has 0 aliphatic carbocycles. The Balaban J connectivity index is 2.18. The van der Waals surface area contributed by atoms with Crippen molar-refractivity contribution in [3.63, 3.8) is 0 Å². The molecule has 0 atom stereocenters. The highest BCUT2D eigenvalue weighted by molar-refractivity contribution is 5.94. The number of carbonyl (C=O) groups is 1. The highest BCUT2D eigenvalue weighted by Gasteiger charge is 2.36. The van der Waals surface area contributed by atoms with Crippen LogP contribution < -0.4 is 5.32 Å². The van der Waals surface area contributed by atoms with Gasteiger partial charge in [-0.05, 0) is 19.9 Å². The lowest BCUT2D eigenvalue weighted by atomic mass is 9.83. The molecular formula is C15H21N2O5+. The lowest BCUT2D eigenvalue weighted by Gasteiger charge is -2.35. The molecule has 22 heavy (non-hydrogen) atoms. The number of esters is 1. The predicted octanol–water partition coefficient (Wildman–Crippen LogP) is 1.21. The van der Waals surface area contributed by atoms with Crippen molar-refractivity contribution in [3.05, 3.63) is 33.9 Å². The van der Waals surface area contributed by atoms with E-state index in [-0.39, 0.29) is 11.5 Å². The Bertz CT molecular complexity index is 579. The largest absolute Gasteiger partial charge is 0.501 e. The Hall–Kier alpha value is -2.15. The highest BCUT2D eigenvalue weighted by Crippen LogP contribution is 2.33. The molecule has 0 bridgehead atoms. The van der Waals surface area contributed by atoms with Crippen molar-refractivity contribution in [2.75, 3.05) is 13.1 Å². The minimum Gasteiger partial charge on any atom is -0.501 e. The lowest BCUT2D eigenvalue weighted by Crippen LogP contribution is -2.86. The maximum absolute atomic E-state index is 12.3. The van der Waals surface area contributed by atoms with Gasteiger partial charge in [-0.25, -0.2) is 4.79 Å². The first-order valence-electron chi connectivity index (χ1n) is 7.34. The minimum absolute atomic E-state index is 0.176. The number of para-hydroxylation sites is 1. The van der Waals surface area contributed by atoms with Crippen molar-refractivity contribution in [1.82, 2.24) is 0 Å². The fraction of sp³-hybridized carbons (Fsp3) is 0.533. The van der Waals surface area contributed by atoms with E-state index in [9.17, 15) is 20.0 Å². The van der Waals surface area contributed by atoms with Gasteiger partial charge in [0.1, 0.15) is 11.2 Å². The number of carbonyl (C=O) groups excluding carboxylic acids is 1. The number of benzene rings is 1. The number of piperidine rings is 1. The predicted molar refractivity (Wildman–Crippen MR) is 78.6 cm³/mol. The zero-order valence-electron chi connectivity index (χ0n) is 12.7. The molecule has 0 aromatic heterocycles. The van der Waals surface area contributed by atoms with E-state index in [1.54, 1.807) is 0 Å². The highest BCUT2D eigenvalue weighted by atomic mass is 16.6. The number of nitrogens with zero attached hydrogens (tertiary/aromatic N) is 1. The van der Waals surface area contributed by atoms with Gasteiger partial charge >= 0.3 is 11.7 Å². The van der Waals surface area contributed by atoms with Crippen LogP contribution in [0.4, 0.5) is 5.69 Å². The van der Waals surface area contributed by atoms with E-state index in [0.29, 0.717) is 0 Å². The van der Waals surface area contributed by atoms with Crippen molar-refractivity contribution < 1.29 is 24.9 Å². The van der Waals surface area contributed by atoms with E-state index in [1.807, 2.05) is 13.8 Å². The van der Waals surface area contributed by atoms with Gasteiger partial charge in [-0.3, -0.25) is 10.1 Å². The number of nitro benzene ring substituents is 1. The molecule has 1 aliphatic rings. The molecule has 1 heterocycles. The molecule has 0 radical (unpaired) electrons. The van der Waals surface area contributed by atoms with Gasteiger partial charge in [0.2, 0.25) is 5.75 Å². The van der Waals surface area contributed by atoms with E-state index < -0.39 is 27.9 Å². The summed E-state index contributed by atoms with van der Waals surface area (Å²) < 4.78 is 5.54. The molecule has 0 saturated carbocycles. The Kier molecular flexibility index (Phi) is 4.65. The van der Waals surface area contributed by atoms with Crippen LogP contribution >= 0.6 is 0 Å². The van der Waals surface area contributed by atoms with Crippen molar-refractivity contribution in [1.29, 1.82) is 0 Å². The van der Waals surface area contributed by atoms with Crippen LogP contribution in [0.2, 0.25) is 0 Å². The van der Waals surface area contributed by atoms with Crippen LogP contribution in [0.1, 0.15) is 37.0 Å². The standard InChI is InChI=1S/C15H20N2O5/c1-15(2,10-6-8-16-9-7-10)22-14(19)11-4-3-5-12(13(11)18)17(20)21/h3-5,10,16,18H,6-9H2,1-2H3/p+1. The Labute approximate surface area is 128 Å². The summed E-state index contributed by atoms with van der Waals surface area (Å²) in [6.07, 6.45) is 1.89. The normalized spacial score (nSPS) is 16.3. The number of aromatic hydroxyl groups is 1. The summed E-state index contributed by atoms with van der Waals surface area (Å²) in [4.78, 5) is 22.4. The molecule has 1 aliphatic heterocycles. The summed E-state index contributed by atoms with van der Waals surface area (Å²) in [7, 11) is 0. The van der Waals surface area contributed by atoms with Crippen molar-refractivity contribution in [3.8, 4) is 5.75 Å². The molecule has 0 amide bonds. The molecule has 7 nitrogen and oxygen atoms in total. The second kappa shape index (κ2) is 6.31. The van der Waals surface area contributed by atoms with E-state index in [1.165, 1.54) is 12.1 Å². The van der Waals surface area contributed by atoms with Gasteiger partial charge in [0.25, 0.3) is 0 Å². The fourth-order valence-electron chi connectivity index (χ4n) is 2.84. The molecule has 0 spiro atoms. The van der Waals surface area contributed by atoms with Gasteiger partial charge in [0.15, 0.2) is 0 Å². The quantitative estimate of drug-likeness (QED) is 0.494. The van der Waals surface area contributed by atoms with E-state index in [4.69, 9.17) is 4.74 Å². The third kappa shape index (κ3) is 3.36. The number of quaternary nitrogens is 1. The SMILES string of the molecule is CC(C)(OC(=O)c1cccc([N+](=O)[O-])c1O)C1CC[NH2+]CC1. The Morgan fingerprint density at radius 1 is 1.41 bits per heavy atom. The number of hydrogen-bond donors (Lipinski definition) is 2. The van der Waals surface area contributed by atoms with Crippen LogP contribution in [0.15, 0.2) is 18.2 Å². The maximum atomic E-state index is 12.3. The first kappa shape index (κ1) is 16.2. The first-order chi connectivity index (χ1) is 10.3. The van der Waals surface area contributed by atoms with Gasteiger partial charge in [-0.15, -0.1) is 0 Å². The number of phenolic OH excluding ortho intramolecular Hbond substituents is 1. The van der Waals surface area contributed by atoms with Crippen LogP contribution in [0.25, 0.3) is 0 Å². The van der Waals surface area contributed by atoms with E-state index in [0.717, 1.165) is 32.0 Å². The number of nitro groups is 1. The van der Waals surface area contributed by atoms with Crippen molar-refractivity contribution >= 4 is 11.7 Å². The van der Waals surface area contributed by atoms with Crippen molar-refractivity contribution in [2.45, 2.75) is 32.3 Å². The molecule has 1 aromatic rings. The molecular weight excluding hydrogens is 288 g/mol. The number of rotatable bonds is 4. The van der Waals surface area contributed by atoms with E-state index in [2.05, 4.69) is 5.32 Å². The average molecular weight is 309 g/mol. The summed E-state index contributed by atoms with van der Waals surface area (Å²) in [5.74, 6) is -1.15. The smallest absolute Gasteiger partial charge is 0.342 e. The summed E-state index contributed by atoms with van der Waals surface area (Å²) in [5.41, 5.74) is -1.35. The molecule has 1 saturated heterocycles. The number of ether oxygens (including phenoxy) is 1. The first-order valence-corrected chi connectivity index (χ1v) is 7.34. The van der Waals surface area contributed by atoms with Gasteiger partial charge in [-0.2, -0.15) is 0 Å². The fourth-order valence-corrected chi connectivity index (χ4v) is 2.84. The van der Waals surface area contributed by atoms with Gasteiger partial charge in [-0.1, -0.05) is 6.07 Å². The number of phenols is 1.